The number of aliphatic imine (C=N–C) groups is 1. The van der Waals surface area contributed by atoms with Gasteiger partial charge in [-0.3, -0.25) is 4.90 Å². The Morgan fingerprint density at radius 2 is 1.26 bits per heavy atom. The number of aryl methyl sites for hydroxylation is 1. The summed E-state index contributed by atoms with van der Waals surface area (Å²) in [6, 6.07) is 42.9. The van der Waals surface area contributed by atoms with Crippen molar-refractivity contribution in [1.29, 1.82) is 0 Å². The van der Waals surface area contributed by atoms with Crippen LogP contribution >= 0.6 is 0 Å². The van der Waals surface area contributed by atoms with E-state index in [1.54, 1.807) is 0 Å². The van der Waals surface area contributed by atoms with Gasteiger partial charge in [0.05, 0.1) is 22.4 Å². The summed E-state index contributed by atoms with van der Waals surface area (Å²) < 4.78 is 2.61. The van der Waals surface area contributed by atoms with Crippen molar-refractivity contribution in [3.05, 3.63) is 143 Å². The molecule has 0 N–H and O–H groups in total. The monoisotopic (exact) mass is 593 g/mol. The molecule has 3 heteroatoms. The Balaban J connectivity index is 1.32. The number of fused-ring (bicyclic) bond motifs is 3. The molecular formula is C43H35N3. The van der Waals surface area contributed by atoms with Crippen molar-refractivity contribution >= 4 is 55.5 Å². The van der Waals surface area contributed by atoms with Gasteiger partial charge in [-0.1, -0.05) is 113 Å². The second-order valence-corrected chi connectivity index (χ2v) is 14.4. The zero-order valence-corrected chi connectivity index (χ0v) is 26.7. The van der Waals surface area contributed by atoms with Gasteiger partial charge in [0.1, 0.15) is 5.84 Å². The Labute approximate surface area is 269 Å². The predicted octanol–water partition coefficient (Wildman–Crippen LogP) is 11.0. The third-order valence-corrected chi connectivity index (χ3v) is 11.2. The van der Waals surface area contributed by atoms with Crippen molar-refractivity contribution < 1.29 is 0 Å². The Morgan fingerprint density at radius 3 is 2.11 bits per heavy atom. The van der Waals surface area contributed by atoms with Gasteiger partial charge >= 0.3 is 0 Å². The van der Waals surface area contributed by atoms with Crippen LogP contribution < -0.4 is 4.90 Å². The molecule has 0 fully saturated rings. The lowest BCUT2D eigenvalue weighted by Gasteiger charge is -2.42. The van der Waals surface area contributed by atoms with Gasteiger partial charge in [0, 0.05) is 39.4 Å². The smallest absolute Gasteiger partial charge is 0.114 e. The highest BCUT2D eigenvalue weighted by Gasteiger charge is 2.43. The Hall–Kier alpha value is -5.15. The maximum atomic E-state index is 5.35. The average Bonchev–Trinajstić information content (AvgIpc) is 3.41. The summed E-state index contributed by atoms with van der Waals surface area (Å²) in [5.74, 6) is 1.09. The van der Waals surface area contributed by atoms with Gasteiger partial charge in [0.25, 0.3) is 0 Å². The van der Waals surface area contributed by atoms with Crippen molar-refractivity contribution in [3.63, 3.8) is 0 Å². The minimum absolute atomic E-state index is 0.0903. The molecular weight excluding hydrogens is 558 g/mol. The van der Waals surface area contributed by atoms with E-state index in [4.69, 9.17) is 4.99 Å². The van der Waals surface area contributed by atoms with Crippen LogP contribution in [0, 0.1) is 0 Å². The van der Waals surface area contributed by atoms with Crippen LogP contribution in [0.25, 0.3) is 38.3 Å². The number of hydrogen-bond acceptors (Lipinski definition) is 2. The molecule has 6 aromatic carbocycles. The maximum absolute atomic E-state index is 5.35. The molecule has 4 heterocycles. The van der Waals surface area contributed by atoms with Crippen LogP contribution in [0.4, 0.5) is 17.1 Å². The second kappa shape index (κ2) is 8.76. The summed E-state index contributed by atoms with van der Waals surface area (Å²) >= 11 is 0. The molecule has 0 saturated heterocycles. The summed E-state index contributed by atoms with van der Waals surface area (Å²) in [6.07, 6.45) is 1.86. The van der Waals surface area contributed by atoms with Gasteiger partial charge in [-0.2, -0.15) is 0 Å². The summed E-state index contributed by atoms with van der Waals surface area (Å²) in [7, 11) is 0. The highest BCUT2D eigenvalue weighted by Crippen LogP contribution is 2.56. The molecule has 0 bridgehead atoms. The molecule has 3 aliphatic rings. The maximum Gasteiger partial charge on any atom is 0.114 e. The van der Waals surface area contributed by atoms with E-state index in [0.29, 0.717) is 0 Å². The van der Waals surface area contributed by atoms with Gasteiger partial charge in [0.15, 0.2) is 0 Å². The van der Waals surface area contributed by atoms with Crippen LogP contribution in [0.2, 0.25) is 0 Å². The predicted molar refractivity (Wildman–Crippen MR) is 193 cm³/mol. The molecule has 1 aromatic heterocycles. The fraction of sp³-hybridized carbons (Fsp3) is 0.186. The zero-order valence-electron chi connectivity index (χ0n) is 26.7. The molecule has 0 spiro atoms. The van der Waals surface area contributed by atoms with Crippen LogP contribution in [0.1, 0.15) is 61.9 Å². The lowest BCUT2D eigenvalue weighted by atomic mass is 9.68. The van der Waals surface area contributed by atoms with Crippen molar-refractivity contribution in [2.24, 2.45) is 4.99 Å². The first-order valence-electron chi connectivity index (χ1n) is 16.5. The standard InChI is InChI=1S/C43H35N3/c1-42(2)33-15-9-14-31-32-24-30(25-36-40(32)46(39(31)33)41-34(42)16-10-17-35(41)43(36,3)4)45(29-21-19-26-11-5-6-13-28(26)23-29)38-22-20-27-12-7-8-18-37(27)44-38/h5-19,21,23-25H,20,22H2,1-4H3. The van der Waals surface area contributed by atoms with E-state index in [-0.39, 0.29) is 10.8 Å². The number of para-hydroxylation sites is 3. The molecule has 0 atom stereocenters. The molecule has 10 rings (SSSR count). The Kier molecular flexibility index (Phi) is 4.97. The fourth-order valence-corrected chi connectivity index (χ4v) is 8.79. The number of amidine groups is 1. The van der Waals surface area contributed by atoms with E-state index < -0.39 is 0 Å². The van der Waals surface area contributed by atoms with E-state index in [0.717, 1.165) is 30.1 Å². The normalized spacial score (nSPS) is 16.6. The topological polar surface area (TPSA) is 20.5 Å². The van der Waals surface area contributed by atoms with Crippen LogP contribution in [0.5, 0.6) is 0 Å². The van der Waals surface area contributed by atoms with E-state index in [2.05, 4.69) is 152 Å². The van der Waals surface area contributed by atoms with E-state index in [1.165, 1.54) is 71.8 Å². The summed E-state index contributed by atoms with van der Waals surface area (Å²) in [5.41, 5.74) is 14.1. The van der Waals surface area contributed by atoms with Crippen molar-refractivity contribution in [3.8, 4) is 5.69 Å². The van der Waals surface area contributed by atoms with E-state index in [1.807, 2.05) is 0 Å². The highest BCUT2D eigenvalue weighted by atomic mass is 15.2. The number of rotatable bonds is 2. The summed E-state index contributed by atoms with van der Waals surface area (Å²) in [5, 5.41) is 5.13. The van der Waals surface area contributed by atoms with Crippen molar-refractivity contribution in [2.75, 3.05) is 4.90 Å². The first-order chi connectivity index (χ1) is 22.3. The van der Waals surface area contributed by atoms with Crippen LogP contribution in [-0.4, -0.2) is 10.4 Å². The molecule has 222 valence electrons. The van der Waals surface area contributed by atoms with Crippen LogP contribution in [0.3, 0.4) is 0 Å². The molecule has 3 aliphatic heterocycles. The fourth-order valence-electron chi connectivity index (χ4n) is 8.79. The highest BCUT2D eigenvalue weighted by molar-refractivity contribution is 6.17. The first-order valence-corrected chi connectivity index (χ1v) is 16.5. The molecule has 0 saturated carbocycles. The zero-order chi connectivity index (χ0) is 30.9. The minimum Gasteiger partial charge on any atom is -0.308 e. The lowest BCUT2D eigenvalue weighted by Crippen LogP contribution is -2.34. The molecule has 3 nitrogen and oxygen atoms in total. The van der Waals surface area contributed by atoms with Crippen molar-refractivity contribution in [1.82, 2.24) is 4.57 Å². The Bertz CT molecular complexity index is 2490. The average molecular weight is 594 g/mol. The van der Waals surface area contributed by atoms with Gasteiger partial charge in [-0.15, -0.1) is 0 Å². The molecule has 0 amide bonds. The van der Waals surface area contributed by atoms with E-state index >= 15 is 0 Å². The van der Waals surface area contributed by atoms with Gasteiger partial charge in [0.2, 0.25) is 0 Å². The summed E-state index contributed by atoms with van der Waals surface area (Å²) in [4.78, 5) is 7.79. The minimum atomic E-state index is -0.187. The molecule has 0 radical (unpaired) electrons. The molecule has 0 unspecified atom stereocenters. The number of anilines is 2. The van der Waals surface area contributed by atoms with Crippen molar-refractivity contribution in [2.45, 2.75) is 51.4 Å². The summed E-state index contributed by atoms with van der Waals surface area (Å²) in [6.45, 7) is 9.62. The molecule has 0 aliphatic carbocycles. The number of aromatic nitrogens is 1. The number of nitrogens with zero attached hydrogens (tertiary/aromatic N) is 3. The number of hydrogen-bond donors (Lipinski definition) is 0. The Morgan fingerprint density at radius 1 is 0.565 bits per heavy atom. The van der Waals surface area contributed by atoms with Gasteiger partial charge < -0.3 is 4.57 Å². The number of benzene rings is 6. The third kappa shape index (κ3) is 3.25. The lowest BCUT2D eigenvalue weighted by molar-refractivity contribution is 0.593. The largest absolute Gasteiger partial charge is 0.308 e. The van der Waals surface area contributed by atoms with Gasteiger partial charge in [-0.25, -0.2) is 4.99 Å². The molecule has 46 heavy (non-hydrogen) atoms. The van der Waals surface area contributed by atoms with Crippen LogP contribution in [0.15, 0.2) is 120 Å². The van der Waals surface area contributed by atoms with Gasteiger partial charge in [-0.05, 0) is 75.3 Å². The molecule has 7 aromatic rings. The quantitative estimate of drug-likeness (QED) is 0.195. The van der Waals surface area contributed by atoms with Crippen LogP contribution in [-0.2, 0) is 17.3 Å². The second-order valence-electron chi connectivity index (χ2n) is 14.4. The SMILES string of the molecule is CC1(C)c2cccc3c2-n2c4c1cccc4c1cc(N(C4=Nc5ccccc5CC4)c4ccc5ccccc5c4)cc(c12)C3(C)C. The first kappa shape index (κ1) is 26.1. The third-order valence-electron chi connectivity index (χ3n) is 11.2. The van der Waals surface area contributed by atoms with E-state index in [9.17, 15) is 0 Å².